The summed E-state index contributed by atoms with van der Waals surface area (Å²) in [6.07, 6.45) is 0.840. The normalized spacial score (nSPS) is 25.4. The summed E-state index contributed by atoms with van der Waals surface area (Å²) < 4.78 is 37.6. The van der Waals surface area contributed by atoms with Gasteiger partial charge in [0.15, 0.2) is 0 Å². The Hall–Kier alpha value is -1.14. The summed E-state index contributed by atoms with van der Waals surface area (Å²) in [6.45, 7) is 2.22. The summed E-state index contributed by atoms with van der Waals surface area (Å²) in [4.78, 5) is 3.95. The van der Waals surface area contributed by atoms with E-state index in [0.29, 0.717) is 17.5 Å². The number of hydrazine groups is 1. The number of aromatic nitrogens is 1. The molecule has 0 saturated heterocycles. The molecule has 0 bridgehead atoms. The lowest BCUT2D eigenvalue weighted by Gasteiger charge is -2.32. The lowest BCUT2D eigenvalue weighted by atomic mass is 9.78. The van der Waals surface area contributed by atoms with Crippen LogP contribution < -0.4 is 11.3 Å². The standard InChI is InChI=1S/C14H20F3N3/c1-9-2-4-10(5-3-9)13(20-18)12-7-6-11(8-19-12)14(15,16)17/h6-10,13,20H,2-5,18H2,1H3. The first kappa shape index (κ1) is 15.3. The summed E-state index contributed by atoms with van der Waals surface area (Å²) in [6, 6.07) is 2.31. The molecular weight excluding hydrogens is 267 g/mol. The average molecular weight is 287 g/mol. The van der Waals surface area contributed by atoms with Crippen LogP contribution in [0, 0.1) is 11.8 Å². The highest BCUT2D eigenvalue weighted by atomic mass is 19.4. The molecule has 2 rings (SSSR count). The molecule has 20 heavy (non-hydrogen) atoms. The smallest absolute Gasteiger partial charge is 0.271 e. The highest BCUT2D eigenvalue weighted by molar-refractivity contribution is 5.19. The number of alkyl halides is 3. The van der Waals surface area contributed by atoms with E-state index in [0.717, 1.165) is 37.9 Å². The van der Waals surface area contributed by atoms with Crippen molar-refractivity contribution in [3.63, 3.8) is 0 Å². The van der Waals surface area contributed by atoms with Crippen molar-refractivity contribution < 1.29 is 13.2 Å². The third-order valence-electron chi connectivity index (χ3n) is 4.14. The number of halogens is 3. The zero-order valence-electron chi connectivity index (χ0n) is 11.5. The molecule has 1 saturated carbocycles. The van der Waals surface area contributed by atoms with Crippen molar-refractivity contribution in [2.45, 2.75) is 44.8 Å². The van der Waals surface area contributed by atoms with Gasteiger partial charge in [-0.25, -0.2) is 0 Å². The zero-order valence-corrected chi connectivity index (χ0v) is 11.5. The Morgan fingerprint density at radius 3 is 2.35 bits per heavy atom. The molecule has 1 aliphatic rings. The van der Waals surface area contributed by atoms with Crippen LogP contribution >= 0.6 is 0 Å². The van der Waals surface area contributed by atoms with Gasteiger partial charge < -0.3 is 0 Å². The first-order valence-electron chi connectivity index (χ1n) is 6.91. The second-order valence-electron chi connectivity index (χ2n) is 5.63. The molecule has 1 aromatic rings. The number of nitrogens with one attached hydrogen (secondary N) is 1. The topological polar surface area (TPSA) is 50.9 Å². The molecule has 1 aromatic heterocycles. The molecule has 0 aromatic carbocycles. The molecule has 0 amide bonds. The summed E-state index contributed by atoms with van der Waals surface area (Å²) >= 11 is 0. The van der Waals surface area contributed by atoms with Crippen LogP contribution in [-0.4, -0.2) is 4.98 Å². The van der Waals surface area contributed by atoms with Crippen molar-refractivity contribution in [2.75, 3.05) is 0 Å². The van der Waals surface area contributed by atoms with Crippen molar-refractivity contribution in [3.05, 3.63) is 29.6 Å². The molecular formula is C14H20F3N3. The first-order chi connectivity index (χ1) is 9.41. The SMILES string of the molecule is CC1CCC(C(NN)c2ccc(C(F)(F)F)cn2)CC1. The second kappa shape index (κ2) is 6.10. The Balaban J connectivity index is 2.11. The summed E-state index contributed by atoms with van der Waals surface area (Å²) in [5.74, 6) is 6.63. The minimum atomic E-state index is -4.35. The van der Waals surface area contributed by atoms with E-state index in [-0.39, 0.29) is 6.04 Å². The highest BCUT2D eigenvalue weighted by Gasteiger charge is 2.32. The lowest BCUT2D eigenvalue weighted by molar-refractivity contribution is -0.137. The van der Waals surface area contributed by atoms with Crippen LogP contribution in [0.4, 0.5) is 13.2 Å². The Morgan fingerprint density at radius 2 is 1.90 bits per heavy atom. The fourth-order valence-corrected chi connectivity index (χ4v) is 2.84. The Kier molecular flexibility index (Phi) is 4.65. The first-order valence-corrected chi connectivity index (χ1v) is 6.91. The highest BCUT2D eigenvalue weighted by Crippen LogP contribution is 2.36. The van der Waals surface area contributed by atoms with Gasteiger partial charge in [0.05, 0.1) is 17.3 Å². The van der Waals surface area contributed by atoms with Crippen LogP contribution in [0.1, 0.15) is 49.9 Å². The zero-order chi connectivity index (χ0) is 14.8. The third kappa shape index (κ3) is 3.49. The quantitative estimate of drug-likeness (QED) is 0.661. The van der Waals surface area contributed by atoms with Crippen LogP contribution in [0.15, 0.2) is 18.3 Å². The monoisotopic (exact) mass is 287 g/mol. The molecule has 0 spiro atoms. The van der Waals surface area contributed by atoms with Crippen LogP contribution in [-0.2, 0) is 6.18 Å². The predicted octanol–water partition coefficient (Wildman–Crippen LogP) is 3.43. The van der Waals surface area contributed by atoms with Gasteiger partial charge >= 0.3 is 6.18 Å². The van der Waals surface area contributed by atoms with Crippen LogP contribution in [0.3, 0.4) is 0 Å². The molecule has 0 aliphatic heterocycles. The van der Waals surface area contributed by atoms with E-state index in [1.807, 2.05) is 0 Å². The number of nitrogens with zero attached hydrogens (tertiary/aromatic N) is 1. The molecule has 3 nitrogen and oxygen atoms in total. The predicted molar refractivity (Wildman–Crippen MR) is 70.4 cm³/mol. The van der Waals surface area contributed by atoms with Crippen LogP contribution in [0.25, 0.3) is 0 Å². The molecule has 3 N–H and O–H groups in total. The maximum Gasteiger partial charge on any atom is 0.417 e. The van der Waals surface area contributed by atoms with Gasteiger partial charge in [-0.15, -0.1) is 0 Å². The average Bonchev–Trinajstić information content (AvgIpc) is 2.41. The summed E-state index contributed by atoms with van der Waals surface area (Å²) in [7, 11) is 0. The molecule has 1 aliphatic carbocycles. The number of rotatable bonds is 3. The van der Waals surface area contributed by atoms with Gasteiger partial charge in [0, 0.05) is 6.20 Å². The van der Waals surface area contributed by atoms with Crippen molar-refractivity contribution in [2.24, 2.45) is 17.7 Å². The lowest BCUT2D eigenvalue weighted by Crippen LogP contribution is -2.35. The van der Waals surface area contributed by atoms with Crippen LogP contribution in [0.2, 0.25) is 0 Å². The fourth-order valence-electron chi connectivity index (χ4n) is 2.84. The van der Waals surface area contributed by atoms with E-state index in [1.54, 1.807) is 0 Å². The number of nitrogens with two attached hydrogens (primary N) is 1. The van der Waals surface area contributed by atoms with E-state index in [2.05, 4.69) is 17.3 Å². The molecule has 1 heterocycles. The van der Waals surface area contributed by atoms with Gasteiger partial charge in [-0.1, -0.05) is 19.8 Å². The minimum absolute atomic E-state index is 0.176. The van der Waals surface area contributed by atoms with E-state index >= 15 is 0 Å². The van der Waals surface area contributed by atoms with Gasteiger partial charge in [-0.05, 0) is 36.8 Å². The minimum Gasteiger partial charge on any atom is -0.271 e. The van der Waals surface area contributed by atoms with Gasteiger partial charge in [-0.3, -0.25) is 16.3 Å². The Labute approximate surface area is 116 Å². The van der Waals surface area contributed by atoms with Crippen molar-refractivity contribution >= 4 is 0 Å². The Bertz CT molecular complexity index is 422. The molecule has 1 atom stereocenters. The van der Waals surface area contributed by atoms with Gasteiger partial charge in [0.25, 0.3) is 0 Å². The van der Waals surface area contributed by atoms with Gasteiger partial charge in [0.1, 0.15) is 0 Å². The number of hydrogen-bond acceptors (Lipinski definition) is 3. The van der Waals surface area contributed by atoms with E-state index in [1.165, 1.54) is 6.07 Å². The Morgan fingerprint density at radius 1 is 1.25 bits per heavy atom. The fraction of sp³-hybridized carbons (Fsp3) is 0.643. The van der Waals surface area contributed by atoms with Crippen molar-refractivity contribution in [1.82, 2.24) is 10.4 Å². The molecule has 1 unspecified atom stereocenters. The van der Waals surface area contributed by atoms with E-state index < -0.39 is 11.7 Å². The molecule has 1 fully saturated rings. The molecule has 6 heteroatoms. The summed E-state index contributed by atoms with van der Waals surface area (Å²) in [5.41, 5.74) is 2.57. The largest absolute Gasteiger partial charge is 0.417 e. The van der Waals surface area contributed by atoms with Crippen molar-refractivity contribution in [1.29, 1.82) is 0 Å². The number of pyridine rings is 1. The molecule has 112 valence electrons. The van der Waals surface area contributed by atoms with Gasteiger partial charge in [-0.2, -0.15) is 13.2 Å². The van der Waals surface area contributed by atoms with Gasteiger partial charge in [0.2, 0.25) is 0 Å². The van der Waals surface area contributed by atoms with E-state index in [9.17, 15) is 13.2 Å². The maximum absolute atomic E-state index is 12.5. The maximum atomic E-state index is 12.5. The second-order valence-corrected chi connectivity index (χ2v) is 5.63. The molecule has 0 radical (unpaired) electrons. The van der Waals surface area contributed by atoms with Crippen LogP contribution in [0.5, 0.6) is 0 Å². The summed E-state index contributed by atoms with van der Waals surface area (Å²) in [5, 5.41) is 0. The van der Waals surface area contributed by atoms with Crippen molar-refractivity contribution in [3.8, 4) is 0 Å². The number of hydrogen-bond donors (Lipinski definition) is 2. The van der Waals surface area contributed by atoms with E-state index in [4.69, 9.17) is 5.84 Å². The third-order valence-corrected chi connectivity index (χ3v) is 4.14.